The van der Waals surface area contributed by atoms with Crippen LogP contribution >= 0.6 is 27.3 Å². The van der Waals surface area contributed by atoms with Gasteiger partial charge in [0, 0.05) is 5.56 Å². The van der Waals surface area contributed by atoms with Crippen LogP contribution in [0.2, 0.25) is 0 Å². The number of methoxy groups -OCH3 is 2. The first-order valence-corrected chi connectivity index (χ1v) is 13.8. The molecule has 3 aromatic carbocycles. The van der Waals surface area contributed by atoms with Crippen LogP contribution in [0.5, 0.6) is 11.5 Å². The van der Waals surface area contributed by atoms with E-state index in [1.807, 2.05) is 66.7 Å². The summed E-state index contributed by atoms with van der Waals surface area (Å²) in [6.07, 6.45) is 1.79. The van der Waals surface area contributed by atoms with Gasteiger partial charge < -0.3 is 14.2 Å². The smallest absolute Gasteiger partial charge is 0.338 e. The maximum absolute atomic E-state index is 14.0. The highest BCUT2D eigenvalue weighted by atomic mass is 79.9. The zero-order chi connectivity index (χ0) is 27.5. The van der Waals surface area contributed by atoms with Crippen molar-refractivity contribution in [3.05, 3.63) is 119 Å². The molecule has 4 aromatic rings. The molecule has 0 N–H and O–H groups in total. The van der Waals surface area contributed by atoms with Gasteiger partial charge in [-0.3, -0.25) is 9.36 Å². The van der Waals surface area contributed by atoms with E-state index in [-0.39, 0.29) is 12.2 Å². The number of ether oxygens (including phenoxy) is 3. The van der Waals surface area contributed by atoms with Crippen molar-refractivity contribution in [3.8, 4) is 11.5 Å². The van der Waals surface area contributed by atoms with E-state index < -0.39 is 12.0 Å². The van der Waals surface area contributed by atoms with E-state index in [4.69, 9.17) is 19.2 Å². The molecule has 1 atom stereocenters. The van der Waals surface area contributed by atoms with Crippen LogP contribution < -0.4 is 24.4 Å². The Kier molecular flexibility index (Phi) is 7.81. The number of benzene rings is 3. The maximum atomic E-state index is 14.0. The second-order valence-corrected chi connectivity index (χ2v) is 10.4. The average molecular weight is 606 g/mol. The van der Waals surface area contributed by atoms with Crippen LogP contribution in [0.15, 0.2) is 92.6 Å². The fraction of sp³-hybridized carbons (Fsp3) is 0.167. The molecule has 1 aliphatic heterocycles. The minimum Gasteiger partial charge on any atom is -0.493 e. The topological polar surface area (TPSA) is 79.1 Å². The van der Waals surface area contributed by atoms with Crippen LogP contribution in [0.1, 0.15) is 29.7 Å². The number of hydrogen-bond acceptors (Lipinski definition) is 7. The highest BCUT2D eigenvalue weighted by Gasteiger charge is 2.35. The predicted octanol–water partition coefficient (Wildman–Crippen LogP) is 4.72. The summed E-state index contributed by atoms with van der Waals surface area (Å²) in [7, 11) is 3.12. The fourth-order valence-electron chi connectivity index (χ4n) is 4.56. The quantitative estimate of drug-likeness (QED) is 0.285. The predicted molar refractivity (Wildman–Crippen MR) is 155 cm³/mol. The van der Waals surface area contributed by atoms with Crippen molar-refractivity contribution < 1.29 is 19.0 Å². The zero-order valence-corrected chi connectivity index (χ0v) is 23.9. The number of aromatic nitrogens is 1. The van der Waals surface area contributed by atoms with Gasteiger partial charge in [0.05, 0.1) is 47.1 Å². The van der Waals surface area contributed by atoms with Gasteiger partial charge in [-0.05, 0) is 52.2 Å². The molecular formula is C30H25BrN2O5S. The second-order valence-electron chi connectivity index (χ2n) is 8.58. The van der Waals surface area contributed by atoms with E-state index in [1.165, 1.54) is 11.3 Å². The van der Waals surface area contributed by atoms with Gasteiger partial charge in [0.1, 0.15) is 0 Å². The summed E-state index contributed by atoms with van der Waals surface area (Å²) in [5.74, 6) is 0.586. The van der Waals surface area contributed by atoms with Gasteiger partial charge in [0.15, 0.2) is 16.3 Å². The standard InChI is InChI=1S/C30H25BrN2O5S/c1-4-38-29(35)24-25(19-11-7-5-8-12-19)32-30-33(26(24)20-13-9-6-10-14-20)28(34)23(39-30)17-18-15-21(31)27(37-3)22(16-18)36-2/h5-17,26H,4H2,1-3H3/b23-17-/t26-/m1/s1. The van der Waals surface area contributed by atoms with Gasteiger partial charge in [-0.1, -0.05) is 72.0 Å². The van der Waals surface area contributed by atoms with Crippen molar-refractivity contribution >= 4 is 45.0 Å². The fourth-order valence-corrected chi connectivity index (χ4v) is 6.19. The first kappa shape index (κ1) is 26.6. The van der Waals surface area contributed by atoms with Crippen molar-refractivity contribution in [3.63, 3.8) is 0 Å². The highest BCUT2D eigenvalue weighted by Crippen LogP contribution is 2.37. The van der Waals surface area contributed by atoms with Crippen LogP contribution in [0.3, 0.4) is 0 Å². The molecule has 0 fully saturated rings. The number of nitrogens with zero attached hydrogens (tertiary/aromatic N) is 2. The third-order valence-corrected chi connectivity index (χ3v) is 7.81. The van der Waals surface area contributed by atoms with Crippen LogP contribution in [-0.4, -0.2) is 31.4 Å². The molecule has 2 heterocycles. The van der Waals surface area contributed by atoms with Gasteiger partial charge in [-0.25, -0.2) is 9.79 Å². The zero-order valence-electron chi connectivity index (χ0n) is 21.5. The Morgan fingerprint density at radius 1 is 1.05 bits per heavy atom. The molecule has 0 aliphatic carbocycles. The number of rotatable bonds is 7. The number of hydrogen-bond donors (Lipinski definition) is 0. The SMILES string of the molecule is CCOC(=O)C1=C(c2ccccc2)N=c2s/c(=C\c3cc(Br)c(OC)c(OC)c3)c(=O)n2[C@@H]1c1ccccc1. The molecule has 9 heteroatoms. The number of carbonyl (C=O) groups is 1. The molecule has 1 aliphatic rings. The van der Waals surface area contributed by atoms with Gasteiger partial charge in [-0.2, -0.15) is 0 Å². The molecule has 0 saturated carbocycles. The molecule has 39 heavy (non-hydrogen) atoms. The number of thiazole rings is 1. The Hall–Kier alpha value is -3.95. The molecule has 0 bridgehead atoms. The van der Waals surface area contributed by atoms with E-state index in [1.54, 1.807) is 37.9 Å². The summed E-state index contributed by atoms with van der Waals surface area (Å²) in [5, 5.41) is 0. The lowest BCUT2D eigenvalue weighted by atomic mass is 9.93. The molecule has 0 spiro atoms. The molecule has 7 nitrogen and oxygen atoms in total. The van der Waals surface area contributed by atoms with Crippen LogP contribution in [-0.2, 0) is 9.53 Å². The Morgan fingerprint density at radius 2 is 1.74 bits per heavy atom. The van der Waals surface area contributed by atoms with Crippen LogP contribution in [0.4, 0.5) is 0 Å². The largest absolute Gasteiger partial charge is 0.493 e. The summed E-state index contributed by atoms with van der Waals surface area (Å²) in [6.45, 7) is 1.96. The molecule has 0 radical (unpaired) electrons. The molecule has 198 valence electrons. The second kappa shape index (κ2) is 11.4. The molecule has 1 aromatic heterocycles. The molecule has 0 unspecified atom stereocenters. The van der Waals surface area contributed by atoms with Gasteiger partial charge >= 0.3 is 5.97 Å². The van der Waals surface area contributed by atoms with Crippen molar-refractivity contribution in [1.29, 1.82) is 0 Å². The highest BCUT2D eigenvalue weighted by molar-refractivity contribution is 9.10. The molecule has 0 amide bonds. The van der Waals surface area contributed by atoms with E-state index in [2.05, 4.69) is 15.9 Å². The van der Waals surface area contributed by atoms with E-state index in [0.717, 1.165) is 16.7 Å². The van der Waals surface area contributed by atoms with E-state index in [0.29, 0.717) is 36.6 Å². The minimum atomic E-state index is -0.712. The summed E-state index contributed by atoms with van der Waals surface area (Å²) in [4.78, 5) is 32.8. The maximum Gasteiger partial charge on any atom is 0.338 e. The lowest BCUT2D eigenvalue weighted by Crippen LogP contribution is -2.39. The van der Waals surface area contributed by atoms with E-state index >= 15 is 0 Å². The number of halogens is 1. The molecular weight excluding hydrogens is 580 g/mol. The Labute approximate surface area is 237 Å². The molecule has 0 saturated heterocycles. The number of esters is 1. The summed E-state index contributed by atoms with van der Waals surface area (Å²) >= 11 is 4.78. The third-order valence-electron chi connectivity index (χ3n) is 6.24. The molecule has 5 rings (SSSR count). The first-order valence-electron chi connectivity index (χ1n) is 12.2. The van der Waals surface area contributed by atoms with Crippen molar-refractivity contribution in [1.82, 2.24) is 4.57 Å². The van der Waals surface area contributed by atoms with Crippen LogP contribution in [0, 0.1) is 0 Å². The monoisotopic (exact) mass is 604 g/mol. The summed E-state index contributed by atoms with van der Waals surface area (Å²) < 4.78 is 19.1. The average Bonchev–Trinajstić information content (AvgIpc) is 3.27. The van der Waals surface area contributed by atoms with Crippen LogP contribution in [0.25, 0.3) is 11.8 Å². The van der Waals surface area contributed by atoms with Gasteiger partial charge in [-0.15, -0.1) is 0 Å². The normalized spacial score (nSPS) is 15.0. The minimum absolute atomic E-state index is 0.199. The summed E-state index contributed by atoms with van der Waals surface area (Å²) in [5.41, 5.74) is 2.85. The Balaban J connectivity index is 1.80. The van der Waals surface area contributed by atoms with Crippen molar-refractivity contribution in [2.24, 2.45) is 4.99 Å². The summed E-state index contributed by atoms with van der Waals surface area (Å²) in [6, 6.07) is 21.9. The third kappa shape index (κ3) is 5.07. The number of carbonyl (C=O) groups excluding carboxylic acids is 1. The lowest BCUT2D eigenvalue weighted by Gasteiger charge is -2.25. The van der Waals surface area contributed by atoms with Crippen molar-refractivity contribution in [2.45, 2.75) is 13.0 Å². The van der Waals surface area contributed by atoms with Crippen molar-refractivity contribution in [2.75, 3.05) is 20.8 Å². The van der Waals surface area contributed by atoms with Gasteiger partial charge in [0.2, 0.25) is 0 Å². The van der Waals surface area contributed by atoms with Gasteiger partial charge in [0.25, 0.3) is 5.56 Å². The van der Waals surface area contributed by atoms with E-state index in [9.17, 15) is 9.59 Å². The Morgan fingerprint density at radius 3 is 2.38 bits per heavy atom. The first-order chi connectivity index (χ1) is 19.0. The Bertz CT molecular complexity index is 1740. The number of fused-ring (bicyclic) bond motifs is 1. The lowest BCUT2D eigenvalue weighted by molar-refractivity contribution is -0.138.